The van der Waals surface area contributed by atoms with Gasteiger partial charge in [-0.15, -0.1) is 0 Å². The van der Waals surface area contributed by atoms with Crippen LogP contribution in [0.3, 0.4) is 0 Å². The van der Waals surface area contributed by atoms with E-state index in [1.807, 2.05) is 44.2 Å². The molecule has 0 saturated heterocycles. The summed E-state index contributed by atoms with van der Waals surface area (Å²) in [5.74, 6) is -1.37. The number of anilines is 1. The van der Waals surface area contributed by atoms with Crippen LogP contribution in [0.25, 0.3) is 0 Å². The molecule has 0 aliphatic rings. The first-order valence-corrected chi connectivity index (χ1v) is 15.3. The summed E-state index contributed by atoms with van der Waals surface area (Å²) >= 11 is 6.17. The maximum absolute atomic E-state index is 14.8. The van der Waals surface area contributed by atoms with Gasteiger partial charge in [0, 0.05) is 30.1 Å². The van der Waals surface area contributed by atoms with Gasteiger partial charge in [0.25, 0.3) is 0 Å². The van der Waals surface area contributed by atoms with Gasteiger partial charge in [-0.3, -0.25) is 13.9 Å². The highest BCUT2D eigenvalue weighted by Gasteiger charge is 2.34. The molecule has 3 aromatic carbocycles. The fourth-order valence-electron chi connectivity index (χ4n) is 4.24. The molecule has 0 spiro atoms. The van der Waals surface area contributed by atoms with E-state index in [1.54, 1.807) is 6.07 Å². The van der Waals surface area contributed by atoms with Crippen molar-refractivity contribution in [3.63, 3.8) is 0 Å². The summed E-state index contributed by atoms with van der Waals surface area (Å²) in [5.41, 5.74) is 1.02. The third kappa shape index (κ3) is 8.93. The number of hydrogen-bond acceptors (Lipinski definition) is 5. The van der Waals surface area contributed by atoms with E-state index >= 15 is 0 Å². The van der Waals surface area contributed by atoms with E-state index in [4.69, 9.17) is 16.3 Å². The standard InChI is InChI=1S/C30H35ClFN3O5S/c1-21(2)18-33-30(37)27(16-22-10-6-5-7-11-22)34(19-23-12-8-9-13-25(23)32)29(36)20-35(41(4,38)39)26-17-24(31)14-15-28(26)40-3/h5-15,17,21,27H,16,18-20H2,1-4H3,(H,33,37)/t27-/m1/s1. The molecule has 0 aliphatic heterocycles. The first-order chi connectivity index (χ1) is 19.4. The molecule has 8 nitrogen and oxygen atoms in total. The zero-order valence-corrected chi connectivity index (χ0v) is 25.1. The van der Waals surface area contributed by atoms with Crippen LogP contribution in [0.15, 0.2) is 72.8 Å². The number of hydrogen-bond donors (Lipinski definition) is 1. The number of sulfonamides is 1. The number of halogens is 2. The molecule has 0 aliphatic carbocycles. The van der Waals surface area contributed by atoms with Gasteiger partial charge in [-0.1, -0.05) is 74.0 Å². The lowest BCUT2D eigenvalue weighted by Gasteiger charge is -2.34. The number of benzene rings is 3. The van der Waals surface area contributed by atoms with E-state index in [1.165, 1.54) is 48.4 Å². The number of amides is 2. The molecule has 3 rings (SSSR count). The Morgan fingerprint density at radius 3 is 2.29 bits per heavy atom. The Balaban J connectivity index is 2.10. The number of nitrogens with zero attached hydrogens (tertiary/aromatic N) is 2. The Morgan fingerprint density at radius 2 is 1.68 bits per heavy atom. The van der Waals surface area contributed by atoms with E-state index in [0.29, 0.717) is 6.54 Å². The van der Waals surface area contributed by atoms with Crippen LogP contribution in [0.1, 0.15) is 25.0 Å². The van der Waals surface area contributed by atoms with Crippen molar-refractivity contribution < 1.29 is 27.1 Å². The highest BCUT2D eigenvalue weighted by molar-refractivity contribution is 7.92. The molecule has 1 atom stereocenters. The van der Waals surface area contributed by atoms with Gasteiger partial charge in [-0.2, -0.15) is 0 Å². The smallest absolute Gasteiger partial charge is 0.244 e. The van der Waals surface area contributed by atoms with Crippen molar-refractivity contribution in [3.05, 3.63) is 94.8 Å². The second kappa shape index (κ2) is 14.3. The first kappa shape index (κ1) is 31.9. The average molecular weight is 604 g/mol. The Hall–Kier alpha value is -3.63. The summed E-state index contributed by atoms with van der Waals surface area (Å²) in [4.78, 5) is 28.9. The zero-order chi connectivity index (χ0) is 30.2. The third-order valence-electron chi connectivity index (χ3n) is 6.34. The zero-order valence-electron chi connectivity index (χ0n) is 23.5. The monoisotopic (exact) mass is 603 g/mol. The van der Waals surface area contributed by atoms with Gasteiger partial charge in [0.05, 0.1) is 19.1 Å². The van der Waals surface area contributed by atoms with Crippen LogP contribution < -0.4 is 14.4 Å². The van der Waals surface area contributed by atoms with Crippen LogP contribution in [0.2, 0.25) is 5.02 Å². The first-order valence-electron chi connectivity index (χ1n) is 13.1. The van der Waals surface area contributed by atoms with Gasteiger partial charge in [-0.25, -0.2) is 12.8 Å². The molecule has 11 heteroatoms. The molecular weight excluding hydrogens is 569 g/mol. The van der Waals surface area contributed by atoms with Crippen molar-refractivity contribution in [3.8, 4) is 5.75 Å². The largest absolute Gasteiger partial charge is 0.495 e. The van der Waals surface area contributed by atoms with Crippen LogP contribution in [0.4, 0.5) is 10.1 Å². The predicted molar refractivity (Wildman–Crippen MR) is 159 cm³/mol. The van der Waals surface area contributed by atoms with Crippen LogP contribution in [0, 0.1) is 11.7 Å². The number of methoxy groups -OCH3 is 1. The van der Waals surface area contributed by atoms with E-state index < -0.39 is 40.2 Å². The van der Waals surface area contributed by atoms with Gasteiger partial charge < -0.3 is 15.0 Å². The topological polar surface area (TPSA) is 96.0 Å². The minimum absolute atomic E-state index is 0.0607. The third-order valence-corrected chi connectivity index (χ3v) is 7.70. The highest BCUT2D eigenvalue weighted by atomic mass is 35.5. The van der Waals surface area contributed by atoms with Crippen LogP contribution >= 0.6 is 11.6 Å². The lowest BCUT2D eigenvalue weighted by molar-refractivity contribution is -0.140. The fourth-order valence-corrected chi connectivity index (χ4v) is 5.25. The van der Waals surface area contributed by atoms with Crippen molar-refractivity contribution in [1.82, 2.24) is 10.2 Å². The van der Waals surface area contributed by atoms with Gasteiger partial charge in [0.15, 0.2) is 0 Å². The molecule has 0 radical (unpaired) electrons. The van der Waals surface area contributed by atoms with Gasteiger partial charge in [-0.05, 0) is 35.7 Å². The maximum Gasteiger partial charge on any atom is 0.244 e. The Morgan fingerprint density at radius 1 is 1.02 bits per heavy atom. The number of carbonyl (C=O) groups is 2. The number of ether oxygens (including phenoxy) is 1. The lowest BCUT2D eigenvalue weighted by atomic mass is 10.0. The number of carbonyl (C=O) groups excluding carboxylic acids is 2. The molecule has 0 saturated carbocycles. The summed E-state index contributed by atoms with van der Waals surface area (Å²) < 4.78 is 47.0. The maximum atomic E-state index is 14.8. The number of rotatable bonds is 13. The van der Waals surface area contributed by atoms with Crippen molar-refractivity contribution in [2.45, 2.75) is 32.9 Å². The highest BCUT2D eigenvalue weighted by Crippen LogP contribution is 2.33. The molecule has 0 fully saturated rings. The normalized spacial score (nSPS) is 12.1. The van der Waals surface area contributed by atoms with Crippen molar-refractivity contribution >= 4 is 39.1 Å². The molecule has 3 aromatic rings. The van der Waals surface area contributed by atoms with E-state index in [-0.39, 0.29) is 40.9 Å². The molecule has 1 N–H and O–H groups in total. The summed E-state index contributed by atoms with van der Waals surface area (Å²) in [6.45, 7) is 3.31. The fraction of sp³-hybridized carbons (Fsp3) is 0.333. The summed E-state index contributed by atoms with van der Waals surface area (Å²) in [5, 5.41) is 3.12. The van der Waals surface area contributed by atoms with Crippen LogP contribution in [-0.2, 0) is 32.6 Å². The predicted octanol–water partition coefficient (Wildman–Crippen LogP) is 4.67. The molecule has 220 valence electrons. The Bertz CT molecular complexity index is 1450. The van der Waals surface area contributed by atoms with Crippen molar-refractivity contribution in [2.24, 2.45) is 5.92 Å². The quantitative estimate of drug-likeness (QED) is 0.306. The second-order valence-corrected chi connectivity index (χ2v) is 12.4. The van der Waals surface area contributed by atoms with E-state index in [9.17, 15) is 22.4 Å². The van der Waals surface area contributed by atoms with Crippen molar-refractivity contribution in [1.29, 1.82) is 0 Å². The minimum Gasteiger partial charge on any atom is -0.495 e. The van der Waals surface area contributed by atoms with Gasteiger partial charge >= 0.3 is 0 Å². The van der Waals surface area contributed by atoms with Crippen LogP contribution in [0.5, 0.6) is 5.75 Å². The molecule has 2 amide bonds. The van der Waals surface area contributed by atoms with Gasteiger partial charge in [0.1, 0.15) is 24.2 Å². The van der Waals surface area contributed by atoms with Gasteiger partial charge in [0.2, 0.25) is 21.8 Å². The Labute approximate surface area is 246 Å². The lowest BCUT2D eigenvalue weighted by Crippen LogP contribution is -2.53. The molecule has 0 bridgehead atoms. The molecule has 41 heavy (non-hydrogen) atoms. The van der Waals surface area contributed by atoms with Crippen molar-refractivity contribution in [2.75, 3.05) is 30.8 Å². The molecule has 0 aromatic heterocycles. The summed E-state index contributed by atoms with van der Waals surface area (Å²) in [7, 11) is -2.66. The summed E-state index contributed by atoms with van der Waals surface area (Å²) in [6, 6.07) is 18.4. The molecule has 0 unspecified atom stereocenters. The molecular formula is C30H35ClFN3O5S. The SMILES string of the molecule is COc1ccc(Cl)cc1N(CC(=O)N(Cc1ccccc1F)[C@H](Cc1ccccc1)C(=O)NCC(C)C)S(C)(=O)=O. The number of nitrogens with one attached hydrogen (secondary N) is 1. The molecule has 0 heterocycles. The average Bonchev–Trinajstić information content (AvgIpc) is 2.93. The van der Waals surface area contributed by atoms with E-state index in [0.717, 1.165) is 16.1 Å². The summed E-state index contributed by atoms with van der Waals surface area (Å²) in [6.07, 6.45) is 1.09. The second-order valence-electron chi connectivity index (χ2n) is 10.0. The minimum atomic E-state index is -4.03. The Kier molecular flexibility index (Phi) is 11.1. The van der Waals surface area contributed by atoms with E-state index in [2.05, 4.69) is 5.32 Å². The van der Waals surface area contributed by atoms with Crippen LogP contribution in [-0.4, -0.2) is 57.6 Å².